The Bertz CT molecular complexity index is 1120. The maximum Gasteiger partial charge on any atom is 0.313 e. The van der Waals surface area contributed by atoms with E-state index in [-0.39, 0.29) is 24.9 Å². The number of nitriles is 1. The van der Waals surface area contributed by atoms with Gasteiger partial charge in [0.2, 0.25) is 5.91 Å². The highest BCUT2D eigenvalue weighted by molar-refractivity contribution is 8.00. The number of carbonyl (C=O) groups excluding carboxylic acids is 2. The van der Waals surface area contributed by atoms with Gasteiger partial charge in [0.1, 0.15) is 12.2 Å². The average Bonchev–Trinajstić information content (AvgIpc) is 3.15. The predicted octanol–water partition coefficient (Wildman–Crippen LogP) is 3.42. The highest BCUT2D eigenvalue weighted by Crippen LogP contribution is 2.25. The van der Waals surface area contributed by atoms with Crippen molar-refractivity contribution >= 4 is 29.3 Å². The van der Waals surface area contributed by atoms with Crippen LogP contribution in [0, 0.1) is 11.3 Å². The fourth-order valence-corrected chi connectivity index (χ4v) is 3.79. The van der Waals surface area contributed by atoms with Gasteiger partial charge in [-0.05, 0) is 37.6 Å². The fourth-order valence-electron chi connectivity index (χ4n) is 2.92. The number of amides is 1. The van der Waals surface area contributed by atoms with Crippen LogP contribution in [-0.2, 0) is 27.3 Å². The molecule has 0 aliphatic heterocycles. The number of hydrogen-bond acceptors (Lipinski definition) is 7. The van der Waals surface area contributed by atoms with Gasteiger partial charge in [0.05, 0.1) is 30.0 Å². The highest BCUT2D eigenvalue weighted by atomic mass is 32.2. The molecule has 0 aliphatic carbocycles. The van der Waals surface area contributed by atoms with E-state index in [0.717, 1.165) is 5.56 Å². The average molecular weight is 450 g/mol. The van der Waals surface area contributed by atoms with Gasteiger partial charge in [0.15, 0.2) is 5.16 Å². The first kappa shape index (κ1) is 23.0. The van der Waals surface area contributed by atoms with E-state index in [1.165, 1.54) is 11.8 Å². The summed E-state index contributed by atoms with van der Waals surface area (Å²) < 4.78 is 6.88. The lowest BCUT2D eigenvalue weighted by Crippen LogP contribution is -2.23. The molecule has 1 heterocycles. The molecule has 0 radical (unpaired) electrons. The summed E-state index contributed by atoms with van der Waals surface area (Å²) in [6, 6.07) is 18.5. The highest BCUT2D eigenvalue weighted by Gasteiger charge is 2.22. The van der Waals surface area contributed by atoms with Gasteiger partial charge in [-0.25, -0.2) is 0 Å². The third kappa shape index (κ3) is 6.18. The molecule has 3 rings (SSSR count). The molecule has 0 spiro atoms. The summed E-state index contributed by atoms with van der Waals surface area (Å²) in [5, 5.41) is 20.3. The van der Waals surface area contributed by atoms with E-state index in [0.29, 0.717) is 28.8 Å². The van der Waals surface area contributed by atoms with Crippen molar-refractivity contribution in [1.29, 1.82) is 5.26 Å². The van der Waals surface area contributed by atoms with Gasteiger partial charge < -0.3 is 14.6 Å². The van der Waals surface area contributed by atoms with Gasteiger partial charge in [-0.2, -0.15) is 5.26 Å². The lowest BCUT2D eigenvalue weighted by Gasteiger charge is -2.14. The van der Waals surface area contributed by atoms with Crippen molar-refractivity contribution in [2.75, 3.05) is 11.9 Å². The second-order valence-corrected chi connectivity index (χ2v) is 8.20. The molecule has 1 N–H and O–H groups in total. The summed E-state index contributed by atoms with van der Waals surface area (Å²) in [6.07, 6.45) is -0.00420. The van der Waals surface area contributed by atoms with Crippen LogP contribution in [-0.4, -0.2) is 38.5 Å². The number of esters is 1. The van der Waals surface area contributed by atoms with Crippen LogP contribution in [0.25, 0.3) is 0 Å². The Kier molecular flexibility index (Phi) is 8.00. The minimum absolute atomic E-state index is 0.00420. The Balaban J connectivity index is 1.77. The van der Waals surface area contributed by atoms with Crippen LogP contribution >= 0.6 is 11.8 Å². The molecule has 0 saturated heterocycles. The largest absolute Gasteiger partial charge is 0.466 e. The van der Waals surface area contributed by atoms with E-state index in [9.17, 15) is 9.59 Å². The lowest BCUT2D eigenvalue weighted by atomic mass is 10.2. The Morgan fingerprint density at radius 2 is 1.97 bits per heavy atom. The molecule has 0 fully saturated rings. The van der Waals surface area contributed by atoms with Gasteiger partial charge in [0.25, 0.3) is 0 Å². The second-order valence-electron chi connectivity index (χ2n) is 6.89. The predicted molar refractivity (Wildman–Crippen MR) is 121 cm³/mol. The van der Waals surface area contributed by atoms with Crippen LogP contribution in [0.2, 0.25) is 0 Å². The SMILES string of the molecule is CCOC(=O)Cc1nnc(S[C@@H](C)C(=O)Nc2cccc(C#N)c2)n1Cc1ccccc1. The molecule has 0 aliphatic rings. The van der Waals surface area contributed by atoms with E-state index in [4.69, 9.17) is 10.00 Å². The molecular weight excluding hydrogens is 426 g/mol. The molecule has 1 aromatic heterocycles. The summed E-state index contributed by atoms with van der Waals surface area (Å²) in [4.78, 5) is 24.7. The van der Waals surface area contributed by atoms with Crippen molar-refractivity contribution in [2.24, 2.45) is 0 Å². The van der Waals surface area contributed by atoms with Gasteiger partial charge in [-0.15, -0.1) is 10.2 Å². The topological polar surface area (TPSA) is 110 Å². The molecule has 32 heavy (non-hydrogen) atoms. The number of anilines is 1. The minimum Gasteiger partial charge on any atom is -0.466 e. The van der Waals surface area contributed by atoms with Crippen molar-refractivity contribution in [2.45, 2.75) is 37.2 Å². The Hall–Kier alpha value is -3.64. The first-order chi connectivity index (χ1) is 15.5. The van der Waals surface area contributed by atoms with Crippen molar-refractivity contribution in [1.82, 2.24) is 14.8 Å². The van der Waals surface area contributed by atoms with Crippen molar-refractivity contribution in [3.05, 3.63) is 71.5 Å². The van der Waals surface area contributed by atoms with E-state index >= 15 is 0 Å². The van der Waals surface area contributed by atoms with E-state index in [2.05, 4.69) is 21.6 Å². The molecular formula is C23H23N5O3S. The lowest BCUT2D eigenvalue weighted by molar-refractivity contribution is -0.142. The molecule has 9 heteroatoms. The Morgan fingerprint density at radius 1 is 1.19 bits per heavy atom. The van der Waals surface area contributed by atoms with Crippen molar-refractivity contribution < 1.29 is 14.3 Å². The number of hydrogen-bond donors (Lipinski definition) is 1. The van der Waals surface area contributed by atoms with Gasteiger partial charge >= 0.3 is 5.97 Å². The number of rotatable bonds is 9. The number of thioether (sulfide) groups is 1. The van der Waals surface area contributed by atoms with Crippen LogP contribution in [0.4, 0.5) is 5.69 Å². The standard InChI is InChI=1S/C23H23N5O3S/c1-3-31-21(29)13-20-26-27-23(28(20)15-17-8-5-4-6-9-17)32-16(2)22(30)25-19-11-7-10-18(12-19)14-24/h4-12,16H,3,13,15H2,1-2H3,(H,25,30)/t16-/m0/s1. The minimum atomic E-state index is -0.491. The van der Waals surface area contributed by atoms with E-state index in [1.807, 2.05) is 34.9 Å². The van der Waals surface area contributed by atoms with Crippen molar-refractivity contribution in [3.63, 3.8) is 0 Å². The summed E-state index contributed by atoms with van der Waals surface area (Å²) >= 11 is 1.25. The van der Waals surface area contributed by atoms with Gasteiger partial charge in [-0.1, -0.05) is 48.2 Å². The third-order valence-electron chi connectivity index (χ3n) is 4.50. The Labute approximate surface area is 190 Å². The smallest absolute Gasteiger partial charge is 0.313 e. The number of carbonyl (C=O) groups is 2. The first-order valence-electron chi connectivity index (χ1n) is 10.1. The molecule has 1 amide bonds. The van der Waals surface area contributed by atoms with Crippen LogP contribution in [0.15, 0.2) is 59.8 Å². The summed E-state index contributed by atoms with van der Waals surface area (Å²) in [6.45, 7) is 4.27. The maximum absolute atomic E-state index is 12.7. The first-order valence-corrected chi connectivity index (χ1v) is 11.0. The summed E-state index contributed by atoms with van der Waals surface area (Å²) in [7, 11) is 0. The maximum atomic E-state index is 12.7. The zero-order chi connectivity index (χ0) is 22.9. The molecule has 2 aromatic carbocycles. The summed E-state index contributed by atoms with van der Waals surface area (Å²) in [5.41, 5.74) is 2.04. The van der Waals surface area contributed by atoms with Crippen LogP contribution in [0.5, 0.6) is 0 Å². The van der Waals surface area contributed by atoms with Gasteiger partial charge in [0, 0.05) is 5.69 Å². The van der Waals surface area contributed by atoms with E-state index in [1.54, 1.807) is 38.1 Å². The van der Waals surface area contributed by atoms with E-state index < -0.39 is 5.25 Å². The number of benzene rings is 2. The molecule has 8 nitrogen and oxygen atoms in total. The quantitative estimate of drug-likeness (QED) is 0.394. The van der Waals surface area contributed by atoms with Crippen LogP contribution < -0.4 is 5.32 Å². The number of nitrogens with one attached hydrogen (secondary N) is 1. The monoisotopic (exact) mass is 449 g/mol. The molecule has 1 atom stereocenters. The van der Waals surface area contributed by atoms with Crippen LogP contribution in [0.1, 0.15) is 30.8 Å². The molecule has 0 saturated carbocycles. The molecule has 164 valence electrons. The Morgan fingerprint density at radius 3 is 2.69 bits per heavy atom. The fraction of sp³-hybridized carbons (Fsp3) is 0.261. The normalized spacial score (nSPS) is 11.4. The zero-order valence-corrected chi connectivity index (χ0v) is 18.6. The molecule has 0 unspecified atom stereocenters. The number of nitrogens with zero attached hydrogens (tertiary/aromatic N) is 4. The molecule has 0 bridgehead atoms. The number of ether oxygens (including phenoxy) is 1. The summed E-state index contributed by atoms with van der Waals surface area (Å²) in [5.74, 6) is -0.135. The zero-order valence-electron chi connectivity index (χ0n) is 17.8. The van der Waals surface area contributed by atoms with Crippen LogP contribution in [0.3, 0.4) is 0 Å². The van der Waals surface area contributed by atoms with Gasteiger partial charge in [-0.3, -0.25) is 9.59 Å². The van der Waals surface area contributed by atoms with Crippen molar-refractivity contribution in [3.8, 4) is 6.07 Å². The molecule has 3 aromatic rings. The second kappa shape index (κ2) is 11.1. The third-order valence-corrected chi connectivity index (χ3v) is 5.58. The number of aromatic nitrogens is 3.